The summed E-state index contributed by atoms with van der Waals surface area (Å²) in [6.07, 6.45) is 0. The summed E-state index contributed by atoms with van der Waals surface area (Å²) in [6.45, 7) is 3.08. The number of carbonyl (C=O) groups excluding carboxylic acids is 1. The Morgan fingerprint density at radius 3 is 2.38 bits per heavy atom. The largest absolute Gasteiger partial charge is 0.350 e. The standard InChI is InChI=1S/C4H9N2O2/c1-3-6(8-2)4(5)7/h3H,1-2H3,(H2,5,7). The lowest BCUT2D eigenvalue weighted by molar-refractivity contribution is -0.0577. The van der Waals surface area contributed by atoms with Gasteiger partial charge in [0, 0.05) is 0 Å². The second kappa shape index (κ2) is 3.26. The Kier molecular flexibility index (Phi) is 2.95. The summed E-state index contributed by atoms with van der Waals surface area (Å²) in [4.78, 5) is 14.6. The first kappa shape index (κ1) is 7.23. The van der Waals surface area contributed by atoms with Crippen LogP contribution in [0.2, 0.25) is 0 Å². The van der Waals surface area contributed by atoms with Crippen LogP contribution in [0.3, 0.4) is 0 Å². The van der Waals surface area contributed by atoms with Gasteiger partial charge in [-0.05, 0) is 6.92 Å². The fourth-order valence-electron chi connectivity index (χ4n) is 0.323. The van der Waals surface area contributed by atoms with E-state index in [-0.39, 0.29) is 0 Å². The van der Waals surface area contributed by atoms with Crippen molar-refractivity contribution < 1.29 is 9.63 Å². The molecule has 0 saturated heterocycles. The normalized spacial score (nSPS) is 8.75. The lowest BCUT2D eigenvalue weighted by atomic mass is 10.7. The van der Waals surface area contributed by atoms with E-state index in [1.807, 2.05) is 0 Å². The Hall–Kier alpha value is -0.770. The zero-order valence-corrected chi connectivity index (χ0v) is 4.92. The van der Waals surface area contributed by atoms with Crippen molar-refractivity contribution in [1.82, 2.24) is 5.06 Å². The number of amides is 2. The molecule has 4 nitrogen and oxygen atoms in total. The number of hydroxylamine groups is 2. The van der Waals surface area contributed by atoms with Gasteiger partial charge in [-0.15, -0.1) is 0 Å². The molecule has 0 aromatic carbocycles. The molecule has 0 heterocycles. The molecule has 0 atom stereocenters. The molecule has 0 bridgehead atoms. The molecule has 0 aliphatic heterocycles. The fourth-order valence-corrected chi connectivity index (χ4v) is 0.323. The molecule has 0 aromatic rings. The lowest BCUT2D eigenvalue weighted by Crippen LogP contribution is -2.31. The van der Waals surface area contributed by atoms with E-state index < -0.39 is 6.03 Å². The summed E-state index contributed by atoms with van der Waals surface area (Å²) in [5.41, 5.74) is 4.79. The number of hydrogen-bond acceptors (Lipinski definition) is 2. The average Bonchev–Trinajstić information content (AvgIpc) is 1.69. The molecule has 0 aliphatic carbocycles. The van der Waals surface area contributed by atoms with Crippen molar-refractivity contribution in [2.75, 3.05) is 7.11 Å². The number of primary amides is 1. The van der Waals surface area contributed by atoms with Gasteiger partial charge in [-0.25, -0.2) is 4.79 Å². The van der Waals surface area contributed by atoms with Crippen LogP contribution in [0.25, 0.3) is 0 Å². The van der Waals surface area contributed by atoms with E-state index in [0.717, 1.165) is 5.06 Å². The molecule has 2 amide bonds. The van der Waals surface area contributed by atoms with E-state index >= 15 is 0 Å². The number of nitrogens with zero attached hydrogens (tertiary/aromatic N) is 1. The van der Waals surface area contributed by atoms with Crippen LogP contribution in [0.1, 0.15) is 6.92 Å². The minimum atomic E-state index is -0.616. The highest BCUT2D eigenvalue weighted by molar-refractivity contribution is 5.71. The third-order valence-electron chi connectivity index (χ3n) is 0.648. The topological polar surface area (TPSA) is 55.6 Å². The lowest BCUT2D eigenvalue weighted by Gasteiger charge is -2.12. The molecule has 0 fully saturated rings. The van der Waals surface area contributed by atoms with Crippen LogP contribution in [-0.2, 0) is 4.84 Å². The Morgan fingerprint density at radius 1 is 1.88 bits per heavy atom. The molecule has 8 heavy (non-hydrogen) atoms. The van der Waals surface area contributed by atoms with Crippen molar-refractivity contribution in [3.63, 3.8) is 0 Å². The van der Waals surface area contributed by atoms with Gasteiger partial charge in [-0.1, -0.05) is 0 Å². The van der Waals surface area contributed by atoms with Gasteiger partial charge in [0.25, 0.3) is 0 Å². The highest BCUT2D eigenvalue weighted by Crippen LogP contribution is 1.88. The van der Waals surface area contributed by atoms with Crippen LogP contribution in [0.15, 0.2) is 0 Å². The van der Waals surface area contributed by atoms with Gasteiger partial charge in [0.05, 0.1) is 13.7 Å². The third kappa shape index (κ3) is 1.79. The van der Waals surface area contributed by atoms with Crippen LogP contribution in [0, 0.1) is 6.54 Å². The second-order valence-electron chi connectivity index (χ2n) is 1.10. The molecule has 4 heteroatoms. The zero-order valence-electron chi connectivity index (χ0n) is 4.92. The molecule has 0 saturated carbocycles. The van der Waals surface area contributed by atoms with Crippen molar-refractivity contribution in [2.24, 2.45) is 5.73 Å². The molecule has 47 valence electrons. The minimum Gasteiger partial charge on any atom is -0.350 e. The molecular weight excluding hydrogens is 108 g/mol. The summed E-state index contributed by atoms with van der Waals surface area (Å²) in [7, 11) is 1.37. The van der Waals surface area contributed by atoms with Crippen molar-refractivity contribution >= 4 is 6.03 Å². The predicted molar refractivity (Wildman–Crippen MR) is 28.4 cm³/mol. The molecule has 0 spiro atoms. The molecular formula is C4H9N2O2. The SMILES string of the molecule is C[CH]N(OC)C(N)=O. The summed E-state index contributed by atoms with van der Waals surface area (Å²) in [6, 6.07) is -0.616. The Bertz CT molecular complexity index is 80.1. The third-order valence-corrected chi connectivity index (χ3v) is 0.648. The van der Waals surface area contributed by atoms with Crippen LogP contribution in [-0.4, -0.2) is 18.2 Å². The van der Waals surface area contributed by atoms with E-state index in [4.69, 9.17) is 5.73 Å². The zero-order chi connectivity index (χ0) is 6.57. The van der Waals surface area contributed by atoms with Crippen molar-refractivity contribution in [3.05, 3.63) is 6.54 Å². The van der Waals surface area contributed by atoms with Crippen molar-refractivity contribution in [3.8, 4) is 0 Å². The monoisotopic (exact) mass is 117 g/mol. The van der Waals surface area contributed by atoms with Gasteiger partial charge < -0.3 is 5.73 Å². The fraction of sp³-hybridized carbons (Fsp3) is 0.500. The van der Waals surface area contributed by atoms with Gasteiger partial charge in [0.2, 0.25) is 0 Å². The Balaban J connectivity index is 3.52. The second-order valence-corrected chi connectivity index (χ2v) is 1.10. The van der Waals surface area contributed by atoms with Gasteiger partial charge >= 0.3 is 6.03 Å². The van der Waals surface area contributed by atoms with Crippen LogP contribution >= 0.6 is 0 Å². The van der Waals surface area contributed by atoms with E-state index in [0.29, 0.717) is 0 Å². The first-order valence-electron chi connectivity index (χ1n) is 2.14. The first-order chi connectivity index (χ1) is 3.72. The van der Waals surface area contributed by atoms with Crippen LogP contribution in [0.4, 0.5) is 4.79 Å². The summed E-state index contributed by atoms with van der Waals surface area (Å²) in [5, 5.41) is 0.931. The molecule has 2 N–H and O–H groups in total. The van der Waals surface area contributed by atoms with E-state index in [1.54, 1.807) is 6.92 Å². The quantitative estimate of drug-likeness (QED) is 0.522. The maximum absolute atomic E-state index is 10.2. The summed E-state index contributed by atoms with van der Waals surface area (Å²) >= 11 is 0. The molecule has 0 unspecified atom stereocenters. The Labute approximate surface area is 48.2 Å². The number of nitrogens with two attached hydrogens (primary N) is 1. The molecule has 0 rings (SSSR count). The van der Waals surface area contributed by atoms with E-state index in [1.165, 1.54) is 13.7 Å². The smallest absolute Gasteiger partial charge is 0.339 e. The molecule has 0 aliphatic rings. The highest BCUT2D eigenvalue weighted by atomic mass is 16.7. The van der Waals surface area contributed by atoms with E-state index in [9.17, 15) is 4.79 Å². The van der Waals surface area contributed by atoms with Gasteiger partial charge in [-0.3, -0.25) is 4.84 Å². The molecule has 1 radical (unpaired) electrons. The summed E-state index contributed by atoms with van der Waals surface area (Å²) < 4.78 is 0. The molecule has 0 aromatic heterocycles. The van der Waals surface area contributed by atoms with Gasteiger partial charge in [0.15, 0.2) is 0 Å². The summed E-state index contributed by atoms with van der Waals surface area (Å²) in [5.74, 6) is 0. The highest BCUT2D eigenvalue weighted by Gasteiger charge is 2.02. The number of carbonyl (C=O) groups is 1. The van der Waals surface area contributed by atoms with E-state index in [2.05, 4.69) is 4.84 Å². The van der Waals surface area contributed by atoms with Crippen LogP contribution < -0.4 is 5.73 Å². The van der Waals surface area contributed by atoms with Crippen molar-refractivity contribution in [2.45, 2.75) is 6.92 Å². The van der Waals surface area contributed by atoms with Gasteiger partial charge in [-0.2, -0.15) is 5.06 Å². The average molecular weight is 117 g/mol. The van der Waals surface area contributed by atoms with Crippen LogP contribution in [0.5, 0.6) is 0 Å². The maximum atomic E-state index is 10.2. The minimum absolute atomic E-state index is 0.616. The first-order valence-corrected chi connectivity index (χ1v) is 2.14. The van der Waals surface area contributed by atoms with Gasteiger partial charge in [0.1, 0.15) is 0 Å². The number of hydrogen-bond donors (Lipinski definition) is 1. The predicted octanol–water partition coefficient (Wildman–Crippen LogP) is 0.110. The Morgan fingerprint density at radius 2 is 2.38 bits per heavy atom. The number of urea groups is 1. The maximum Gasteiger partial charge on any atom is 0.339 e. The number of rotatable bonds is 2. The van der Waals surface area contributed by atoms with Crippen molar-refractivity contribution in [1.29, 1.82) is 0 Å².